The molecule has 0 fully saturated rings. The molecule has 4 heteroatoms. The smallest absolute Gasteiger partial charge is 0.140 e. The molecule has 0 aliphatic carbocycles. The number of hydrogen-bond donors (Lipinski definition) is 1. The van der Waals surface area contributed by atoms with E-state index in [1.54, 1.807) is 18.2 Å². The molecule has 100 valence electrons. The largest absolute Gasteiger partial charge is 0.483 e. The van der Waals surface area contributed by atoms with Crippen LogP contribution in [0.1, 0.15) is 17.2 Å². The van der Waals surface area contributed by atoms with Crippen molar-refractivity contribution in [2.24, 2.45) is 5.73 Å². The van der Waals surface area contributed by atoms with Gasteiger partial charge < -0.3 is 10.5 Å². The number of aryl methyl sites for hydroxylation is 1. The summed E-state index contributed by atoms with van der Waals surface area (Å²) >= 11 is 12.1. The lowest BCUT2D eigenvalue weighted by atomic mass is 10.0. The lowest BCUT2D eigenvalue weighted by molar-refractivity contribution is 0.213. The molecule has 2 nitrogen and oxygen atoms in total. The molecule has 1 atom stereocenters. The topological polar surface area (TPSA) is 35.2 Å². The Balaban J connectivity index is 2.29. The average molecular weight is 296 g/mol. The van der Waals surface area contributed by atoms with Crippen LogP contribution in [0.2, 0.25) is 10.0 Å². The lowest BCUT2D eigenvalue weighted by Gasteiger charge is -2.20. The van der Waals surface area contributed by atoms with E-state index in [4.69, 9.17) is 33.7 Å². The van der Waals surface area contributed by atoms with Gasteiger partial charge in [0.05, 0.1) is 5.02 Å². The number of ether oxygens (including phenoxy) is 1. The predicted octanol–water partition coefficient (Wildman–Crippen LogP) is 4.38. The number of rotatable bonds is 4. The highest BCUT2D eigenvalue weighted by atomic mass is 35.5. The maximum atomic E-state index is 6.10. The van der Waals surface area contributed by atoms with Gasteiger partial charge in [-0.25, -0.2) is 0 Å². The number of nitrogens with two attached hydrogens (primary N) is 1. The van der Waals surface area contributed by atoms with Crippen LogP contribution in [0.4, 0.5) is 0 Å². The molecular formula is C15H15Cl2NO. The summed E-state index contributed by atoms with van der Waals surface area (Å²) in [6, 6.07) is 13.1. The zero-order valence-corrected chi connectivity index (χ0v) is 12.1. The molecule has 0 aliphatic rings. The molecule has 0 radical (unpaired) electrons. The molecule has 0 saturated heterocycles. The van der Waals surface area contributed by atoms with E-state index in [1.165, 1.54) is 0 Å². The van der Waals surface area contributed by atoms with Gasteiger partial charge in [-0.1, -0.05) is 47.5 Å². The summed E-state index contributed by atoms with van der Waals surface area (Å²) in [6.07, 6.45) is -0.239. The predicted molar refractivity (Wildman–Crippen MR) is 80.1 cm³/mol. The molecule has 0 aromatic heterocycles. The van der Waals surface area contributed by atoms with Gasteiger partial charge in [0.25, 0.3) is 0 Å². The number of benzene rings is 2. The molecule has 2 aromatic carbocycles. The average Bonchev–Trinajstić information content (AvgIpc) is 2.41. The quantitative estimate of drug-likeness (QED) is 0.908. The van der Waals surface area contributed by atoms with E-state index in [9.17, 15) is 0 Å². The molecule has 0 amide bonds. The van der Waals surface area contributed by atoms with Gasteiger partial charge in [-0.05, 0) is 30.2 Å². The second-order valence-electron chi connectivity index (χ2n) is 4.27. The Morgan fingerprint density at radius 1 is 1.16 bits per heavy atom. The molecule has 0 bridgehead atoms. The highest BCUT2D eigenvalue weighted by Crippen LogP contribution is 2.32. The molecule has 19 heavy (non-hydrogen) atoms. The van der Waals surface area contributed by atoms with Crippen LogP contribution in [-0.2, 0) is 0 Å². The van der Waals surface area contributed by atoms with Crippen molar-refractivity contribution in [3.8, 4) is 5.75 Å². The van der Waals surface area contributed by atoms with Crippen molar-refractivity contribution in [3.05, 3.63) is 63.6 Å². The first-order valence-corrected chi connectivity index (χ1v) is 6.74. The maximum absolute atomic E-state index is 6.10. The first-order valence-electron chi connectivity index (χ1n) is 5.99. The summed E-state index contributed by atoms with van der Waals surface area (Å²) in [5, 5.41) is 1.11. The van der Waals surface area contributed by atoms with Gasteiger partial charge in [0.15, 0.2) is 0 Å². The van der Waals surface area contributed by atoms with Gasteiger partial charge in [0.1, 0.15) is 11.9 Å². The number of hydrogen-bond acceptors (Lipinski definition) is 2. The van der Waals surface area contributed by atoms with Gasteiger partial charge in [0, 0.05) is 17.6 Å². The summed E-state index contributed by atoms with van der Waals surface area (Å²) in [7, 11) is 0. The summed E-state index contributed by atoms with van der Waals surface area (Å²) < 4.78 is 5.90. The minimum atomic E-state index is -0.239. The summed E-state index contributed by atoms with van der Waals surface area (Å²) in [5.41, 5.74) is 8.00. The van der Waals surface area contributed by atoms with Crippen molar-refractivity contribution < 1.29 is 4.74 Å². The van der Waals surface area contributed by atoms with Crippen LogP contribution in [-0.4, -0.2) is 6.54 Å². The Morgan fingerprint density at radius 2 is 1.89 bits per heavy atom. The monoisotopic (exact) mass is 295 g/mol. The van der Waals surface area contributed by atoms with Crippen molar-refractivity contribution in [2.75, 3.05) is 6.54 Å². The van der Waals surface area contributed by atoms with E-state index in [-0.39, 0.29) is 6.10 Å². The van der Waals surface area contributed by atoms with Crippen LogP contribution in [0.5, 0.6) is 5.75 Å². The van der Waals surface area contributed by atoms with E-state index < -0.39 is 0 Å². The highest BCUT2D eigenvalue weighted by Gasteiger charge is 2.15. The Labute approximate surface area is 123 Å². The molecule has 0 spiro atoms. The SMILES string of the molecule is Cc1ccccc1C(CN)Oc1cc(Cl)ccc1Cl. The van der Waals surface area contributed by atoms with Crippen molar-refractivity contribution in [3.63, 3.8) is 0 Å². The van der Waals surface area contributed by atoms with E-state index in [1.807, 2.05) is 31.2 Å². The minimum Gasteiger partial charge on any atom is -0.483 e. The molecule has 2 aromatic rings. The Morgan fingerprint density at radius 3 is 2.58 bits per heavy atom. The minimum absolute atomic E-state index is 0.239. The van der Waals surface area contributed by atoms with Gasteiger partial charge in [0.2, 0.25) is 0 Å². The fraction of sp³-hybridized carbons (Fsp3) is 0.200. The summed E-state index contributed by atoms with van der Waals surface area (Å²) in [4.78, 5) is 0. The van der Waals surface area contributed by atoms with Gasteiger partial charge in [-0.15, -0.1) is 0 Å². The number of halogens is 2. The Bertz CT molecular complexity index is 572. The molecule has 2 rings (SSSR count). The molecule has 1 unspecified atom stereocenters. The van der Waals surface area contributed by atoms with Crippen LogP contribution in [0, 0.1) is 6.92 Å². The van der Waals surface area contributed by atoms with E-state index in [0.717, 1.165) is 11.1 Å². The van der Waals surface area contributed by atoms with E-state index in [2.05, 4.69) is 0 Å². The fourth-order valence-electron chi connectivity index (χ4n) is 1.91. The van der Waals surface area contributed by atoms with Crippen LogP contribution >= 0.6 is 23.2 Å². The van der Waals surface area contributed by atoms with Crippen LogP contribution < -0.4 is 10.5 Å². The summed E-state index contributed by atoms with van der Waals surface area (Å²) in [5.74, 6) is 0.549. The second-order valence-corrected chi connectivity index (χ2v) is 5.12. The van der Waals surface area contributed by atoms with Crippen molar-refractivity contribution >= 4 is 23.2 Å². The summed E-state index contributed by atoms with van der Waals surface area (Å²) in [6.45, 7) is 2.40. The zero-order chi connectivity index (χ0) is 13.8. The lowest BCUT2D eigenvalue weighted by Crippen LogP contribution is -2.19. The third-order valence-corrected chi connectivity index (χ3v) is 3.46. The van der Waals surface area contributed by atoms with Crippen LogP contribution in [0.25, 0.3) is 0 Å². The molecule has 0 saturated carbocycles. The maximum Gasteiger partial charge on any atom is 0.140 e. The third kappa shape index (κ3) is 3.41. The van der Waals surface area contributed by atoms with Crippen molar-refractivity contribution in [1.82, 2.24) is 0 Å². The van der Waals surface area contributed by atoms with Crippen molar-refractivity contribution in [1.29, 1.82) is 0 Å². The molecule has 2 N–H and O–H groups in total. The first-order chi connectivity index (χ1) is 9.11. The third-order valence-electron chi connectivity index (χ3n) is 2.91. The van der Waals surface area contributed by atoms with Gasteiger partial charge in [-0.3, -0.25) is 0 Å². The van der Waals surface area contributed by atoms with Crippen molar-refractivity contribution in [2.45, 2.75) is 13.0 Å². The molecule has 0 heterocycles. The van der Waals surface area contributed by atoms with E-state index >= 15 is 0 Å². The highest BCUT2D eigenvalue weighted by molar-refractivity contribution is 6.34. The zero-order valence-electron chi connectivity index (χ0n) is 10.6. The fourth-order valence-corrected chi connectivity index (χ4v) is 2.23. The van der Waals surface area contributed by atoms with Gasteiger partial charge >= 0.3 is 0 Å². The van der Waals surface area contributed by atoms with Crippen LogP contribution in [0.15, 0.2) is 42.5 Å². The molecule has 0 aliphatic heterocycles. The standard InChI is InChI=1S/C15H15Cl2NO/c1-10-4-2-3-5-12(10)15(9-18)19-14-8-11(16)6-7-13(14)17/h2-8,15H,9,18H2,1H3. The van der Waals surface area contributed by atoms with Crippen LogP contribution in [0.3, 0.4) is 0 Å². The normalized spacial score (nSPS) is 12.2. The van der Waals surface area contributed by atoms with Gasteiger partial charge in [-0.2, -0.15) is 0 Å². The second kappa shape index (κ2) is 6.29. The first kappa shape index (κ1) is 14.2. The Hall–Kier alpha value is -1.22. The molecular weight excluding hydrogens is 281 g/mol. The van der Waals surface area contributed by atoms with E-state index in [0.29, 0.717) is 22.3 Å². The Kier molecular flexibility index (Phi) is 4.70.